The second kappa shape index (κ2) is 8.00. The van der Waals surface area contributed by atoms with E-state index in [0.717, 1.165) is 30.5 Å². The van der Waals surface area contributed by atoms with Gasteiger partial charge in [0, 0.05) is 12.2 Å². The van der Waals surface area contributed by atoms with Gasteiger partial charge in [-0.15, -0.1) is 0 Å². The molecule has 3 rings (SSSR count). The van der Waals surface area contributed by atoms with Crippen molar-refractivity contribution in [3.05, 3.63) is 53.6 Å². The molecule has 0 bridgehead atoms. The predicted octanol–water partition coefficient (Wildman–Crippen LogP) is 5.09. The van der Waals surface area contributed by atoms with Crippen LogP contribution in [-0.4, -0.2) is 31.7 Å². The Morgan fingerprint density at radius 3 is 2.54 bits per heavy atom. The molecule has 2 aromatic carbocycles. The van der Waals surface area contributed by atoms with Crippen LogP contribution < -0.4 is 14.8 Å². The Morgan fingerprint density at radius 2 is 1.86 bits per heavy atom. The molecule has 0 saturated carbocycles. The lowest BCUT2D eigenvalue weighted by Crippen LogP contribution is -2.34. The lowest BCUT2D eigenvalue weighted by Gasteiger charge is -2.26. The molecule has 1 aliphatic heterocycles. The zero-order valence-corrected chi connectivity index (χ0v) is 15.5. The molecule has 0 spiro atoms. The Hall–Kier alpha value is -2.90. The number of halogens is 3. The summed E-state index contributed by atoms with van der Waals surface area (Å²) < 4.78 is 49.2. The zero-order valence-electron chi connectivity index (χ0n) is 15.5. The number of nitrogens with one attached hydrogen (secondary N) is 1. The van der Waals surface area contributed by atoms with Crippen LogP contribution in [-0.2, 0) is 6.18 Å². The summed E-state index contributed by atoms with van der Waals surface area (Å²) in [6.45, 7) is 0.518. The highest BCUT2D eigenvalue weighted by atomic mass is 19.4. The van der Waals surface area contributed by atoms with E-state index in [-0.39, 0.29) is 11.7 Å². The van der Waals surface area contributed by atoms with E-state index in [1.165, 1.54) is 19.2 Å². The van der Waals surface area contributed by atoms with Crippen molar-refractivity contribution in [3.63, 3.8) is 0 Å². The van der Waals surface area contributed by atoms with Crippen molar-refractivity contribution < 1.29 is 27.4 Å². The summed E-state index contributed by atoms with van der Waals surface area (Å²) in [4.78, 5) is 14.3. The van der Waals surface area contributed by atoms with E-state index in [2.05, 4.69) is 5.32 Å². The topological polar surface area (TPSA) is 50.8 Å². The third-order valence-electron chi connectivity index (χ3n) is 4.75. The maximum Gasteiger partial charge on any atom is 0.416 e. The van der Waals surface area contributed by atoms with Crippen LogP contribution in [0.5, 0.6) is 11.5 Å². The number of anilines is 1. The first-order valence-corrected chi connectivity index (χ1v) is 8.80. The Bertz CT molecular complexity index is 855. The molecule has 150 valence electrons. The highest BCUT2D eigenvalue weighted by Crippen LogP contribution is 2.37. The van der Waals surface area contributed by atoms with Gasteiger partial charge in [-0.1, -0.05) is 12.1 Å². The molecule has 0 aliphatic carbocycles. The number of amides is 2. The average Bonchev–Trinajstić information content (AvgIpc) is 3.17. The Morgan fingerprint density at radius 1 is 1.11 bits per heavy atom. The molecule has 0 unspecified atom stereocenters. The highest BCUT2D eigenvalue weighted by molar-refractivity contribution is 5.90. The SMILES string of the molecule is COc1ccc([C@H]2CCCN2C(=O)Nc2cccc(C(F)(F)F)c2)cc1OC. The molecule has 0 radical (unpaired) electrons. The first kappa shape index (κ1) is 19.9. The van der Waals surface area contributed by atoms with Crippen molar-refractivity contribution in [2.75, 3.05) is 26.1 Å². The van der Waals surface area contributed by atoms with Gasteiger partial charge in [0.25, 0.3) is 0 Å². The van der Waals surface area contributed by atoms with E-state index in [0.29, 0.717) is 18.0 Å². The number of hydrogen-bond acceptors (Lipinski definition) is 3. The molecule has 1 heterocycles. The summed E-state index contributed by atoms with van der Waals surface area (Å²) in [5, 5.41) is 2.58. The van der Waals surface area contributed by atoms with Crippen molar-refractivity contribution in [2.45, 2.75) is 25.1 Å². The normalized spacial score (nSPS) is 16.8. The van der Waals surface area contributed by atoms with Gasteiger partial charge in [-0.3, -0.25) is 0 Å². The maximum absolute atomic E-state index is 12.9. The summed E-state index contributed by atoms with van der Waals surface area (Å²) in [7, 11) is 3.08. The predicted molar refractivity (Wildman–Crippen MR) is 98.7 cm³/mol. The zero-order chi connectivity index (χ0) is 20.3. The molecule has 1 saturated heterocycles. The molecular formula is C20H21F3N2O3. The van der Waals surface area contributed by atoms with Crippen LogP contribution in [0.1, 0.15) is 30.0 Å². The molecule has 1 aliphatic rings. The molecular weight excluding hydrogens is 373 g/mol. The van der Waals surface area contributed by atoms with Crippen molar-refractivity contribution in [3.8, 4) is 11.5 Å². The standard InChI is InChI=1S/C20H21F3N2O3/c1-27-17-9-8-13(11-18(17)28-2)16-7-4-10-25(16)19(26)24-15-6-3-5-14(12-15)20(21,22)23/h3,5-6,8-9,11-12,16H,4,7,10H2,1-2H3,(H,24,26)/t16-/m1/s1. The first-order valence-electron chi connectivity index (χ1n) is 8.80. The minimum Gasteiger partial charge on any atom is -0.493 e. The molecule has 0 aromatic heterocycles. The van der Waals surface area contributed by atoms with Gasteiger partial charge in [-0.2, -0.15) is 13.2 Å². The fourth-order valence-corrected chi connectivity index (χ4v) is 3.38. The van der Waals surface area contributed by atoms with Crippen LogP contribution in [0.15, 0.2) is 42.5 Å². The minimum absolute atomic E-state index is 0.109. The minimum atomic E-state index is -4.46. The number of benzene rings is 2. The number of methoxy groups -OCH3 is 2. The van der Waals surface area contributed by atoms with Crippen LogP contribution in [0, 0.1) is 0 Å². The molecule has 1 N–H and O–H groups in total. The maximum atomic E-state index is 12.9. The van der Waals surface area contributed by atoms with Crippen molar-refractivity contribution in [1.82, 2.24) is 4.90 Å². The number of ether oxygens (including phenoxy) is 2. The second-order valence-corrected chi connectivity index (χ2v) is 6.47. The quantitative estimate of drug-likeness (QED) is 0.786. The average molecular weight is 394 g/mol. The van der Waals surface area contributed by atoms with Gasteiger partial charge in [-0.25, -0.2) is 4.79 Å². The Labute approximate surface area is 161 Å². The van der Waals surface area contributed by atoms with Gasteiger partial charge < -0.3 is 19.7 Å². The number of hydrogen-bond donors (Lipinski definition) is 1. The van der Waals surface area contributed by atoms with Crippen molar-refractivity contribution in [1.29, 1.82) is 0 Å². The van der Waals surface area contributed by atoms with E-state index >= 15 is 0 Å². The number of likely N-dealkylation sites (tertiary alicyclic amines) is 1. The summed E-state index contributed by atoms with van der Waals surface area (Å²) in [5.41, 5.74) is 0.190. The van der Waals surface area contributed by atoms with E-state index in [1.54, 1.807) is 18.1 Å². The van der Waals surface area contributed by atoms with Gasteiger partial charge >= 0.3 is 12.2 Å². The monoisotopic (exact) mass is 394 g/mol. The Balaban J connectivity index is 1.79. The Kier molecular flexibility index (Phi) is 5.67. The number of rotatable bonds is 4. The molecule has 5 nitrogen and oxygen atoms in total. The number of alkyl halides is 3. The molecule has 1 fully saturated rings. The summed E-state index contributed by atoms with van der Waals surface area (Å²) >= 11 is 0. The molecule has 2 aromatic rings. The van der Waals surface area contributed by atoms with E-state index < -0.39 is 17.8 Å². The van der Waals surface area contributed by atoms with E-state index in [1.807, 2.05) is 12.1 Å². The number of urea groups is 1. The fourth-order valence-electron chi connectivity index (χ4n) is 3.38. The summed E-state index contributed by atoms with van der Waals surface area (Å²) in [5.74, 6) is 1.15. The van der Waals surface area contributed by atoms with Gasteiger partial charge in [0.1, 0.15) is 0 Å². The van der Waals surface area contributed by atoms with Gasteiger partial charge in [0.05, 0.1) is 25.8 Å². The van der Waals surface area contributed by atoms with Crippen molar-refractivity contribution in [2.24, 2.45) is 0 Å². The fraction of sp³-hybridized carbons (Fsp3) is 0.350. The number of carbonyl (C=O) groups excluding carboxylic acids is 1. The van der Waals surface area contributed by atoms with E-state index in [4.69, 9.17) is 9.47 Å². The second-order valence-electron chi connectivity index (χ2n) is 6.47. The van der Waals surface area contributed by atoms with Crippen molar-refractivity contribution >= 4 is 11.7 Å². The van der Waals surface area contributed by atoms with Gasteiger partial charge in [-0.05, 0) is 48.7 Å². The molecule has 1 atom stereocenters. The number of carbonyl (C=O) groups is 1. The summed E-state index contributed by atoms with van der Waals surface area (Å²) in [6, 6.07) is 9.44. The third-order valence-corrected chi connectivity index (χ3v) is 4.75. The molecule has 8 heteroatoms. The third kappa shape index (κ3) is 4.16. The van der Waals surface area contributed by atoms with Crippen LogP contribution in [0.3, 0.4) is 0 Å². The largest absolute Gasteiger partial charge is 0.493 e. The molecule has 28 heavy (non-hydrogen) atoms. The molecule has 2 amide bonds. The van der Waals surface area contributed by atoms with Crippen LogP contribution in [0.25, 0.3) is 0 Å². The summed E-state index contributed by atoms with van der Waals surface area (Å²) in [6.07, 6.45) is -2.91. The van der Waals surface area contributed by atoms with Gasteiger partial charge in [0.15, 0.2) is 11.5 Å². The number of nitrogens with zero attached hydrogens (tertiary/aromatic N) is 1. The highest BCUT2D eigenvalue weighted by Gasteiger charge is 2.32. The van der Waals surface area contributed by atoms with E-state index in [9.17, 15) is 18.0 Å². The van der Waals surface area contributed by atoms with Crippen LogP contribution >= 0.6 is 0 Å². The lowest BCUT2D eigenvalue weighted by molar-refractivity contribution is -0.137. The lowest BCUT2D eigenvalue weighted by atomic mass is 10.0. The first-order chi connectivity index (χ1) is 13.3. The van der Waals surface area contributed by atoms with Gasteiger partial charge in [0.2, 0.25) is 0 Å². The smallest absolute Gasteiger partial charge is 0.416 e. The van der Waals surface area contributed by atoms with Crippen LogP contribution in [0.4, 0.5) is 23.7 Å². The van der Waals surface area contributed by atoms with Crippen LogP contribution in [0.2, 0.25) is 0 Å².